The Labute approximate surface area is 114 Å². The topological polar surface area (TPSA) is 52.6 Å². The molecule has 0 amide bonds. The van der Waals surface area contributed by atoms with E-state index in [1.165, 1.54) is 14.2 Å². The summed E-state index contributed by atoms with van der Waals surface area (Å²) in [6.45, 7) is 7.88. The van der Waals surface area contributed by atoms with Gasteiger partial charge < -0.3 is 9.47 Å². The molecule has 0 bridgehead atoms. The molecule has 106 valence electrons. The van der Waals surface area contributed by atoms with E-state index >= 15 is 0 Å². The van der Waals surface area contributed by atoms with E-state index in [0.29, 0.717) is 5.92 Å². The first-order chi connectivity index (χ1) is 8.92. The molecule has 0 N–H and O–H groups in total. The standard InChI is InChI=1S/C15H22O4/c1-9(2)11-7-6-10(3)12(8-11)13(14(16)18-4)15(17)19-5/h6,11-13H,1,7-8H2,2-5H3/t11-,12-/m1/s1. The molecular formula is C15H22O4. The van der Waals surface area contributed by atoms with Gasteiger partial charge in [-0.15, -0.1) is 0 Å². The minimum absolute atomic E-state index is 0.171. The van der Waals surface area contributed by atoms with E-state index in [9.17, 15) is 9.59 Å². The normalized spacial score (nSPS) is 22.7. The van der Waals surface area contributed by atoms with Crippen molar-refractivity contribution < 1.29 is 19.1 Å². The highest BCUT2D eigenvalue weighted by atomic mass is 16.5. The highest BCUT2D eigenvalue weighted by Gasteiger charge is 2.40. The number of rotatable bonds is 4. The first kappa shape index (κ1) is 15.5. The molecule has 0 aromatic carbocycles. The number of carbonyl (C=O) groups excluding carboxylic acids is 2. The first-order valence-corrected chi connectivity index (χ1v) is 6.40. The summed E-state index contributed by atoms with van der Waals surface area (Å²) in [4.78, 5) is 23.7. The summed E-state index contributed by atoms with van der Waals surface area (Å²) in [5.74, 6) is -1.83. The van der Waals surface area contributed by atoms with Crippen LogP contribution in [0.3, 0.4) is 0 Å². The van der Waals surface area contributed by atoms with Gasteiger partial charge in [0, 0.05) is 5.92 Å². The zero-order chi connectivity index (χ0) is 14.6. The van der Waals surface area contributed by atoms with Gasteiger partial charge in [0.15, 0.2) is 5.92 Å². The third kappa shape index (κ3) is 3.46. The second-order valence-electron chi connectivity index (χ2n) is 5.09. The predicted molar refractivity (Wildman–Crippen MR) is 72.3 cm³/mol. The summed E-state index contributed by atoms with van der Waals surface area (Å²) >= 11 is 0. The van der Waals surface area contributed by atoms with Crippen molar-refractivity contribution in [1.29, 1.82) is 0 Å². The summed E-state index contributed by atoms with van der Waals surface area (Å²) in [7, 11) is 2.58. The van der Waals surface area contributed by atoms with Gasteiger partial charge in [-0.3, -0.25) is 9.59 Å². The second-order valence-corrected chi connectivity index (χ2v) is 5.09. The van der Waals surface area contributed by atoms with Gasteiger partial charge >= 0.3 is 11.9 Å². The SMILES string of the molecule is C=C(C)[C@@H]1CC=C(C)[C@H](C(C(=O)OC)C(=O)OC)C1. The summed E-state index contributed by atoms with van der Waals surface area (Å²) in [5, 5.41) is 0. The van der Waals surface area contributed by atoms with Crippen molar-refractivity contribution in [3.05, 3.63) is 23.8 Å². The Kier molecular flexibility index (Phi) is 5.33. The fraction of sp³-hybridized carbons (Fsp3) is 0.600. The molecule has 4 nitrogen and oxygen atoms in total. The van der Waals surface area contributed by atoms with Crippen LogP contribution in [-0.2, 0) is 19.1 Å². The van der Waals surface area contributed by atoms with Crippen LogP contribution in [0.15, 0.2) is 23.8 Å². The molecule has 0 heterocycles. The van der Waals surface area contributed by atoms with Crippen molar-refractivity contribution >= 4 is 11.9 Å². The van der Waals surface area contributed by atoms with E-state index in [4.69, 9.17) is 9.47 Å². The van der Waals surface area contributed by atoms with Gasteiger partial charge in [-0.05, 0) is 32.6 Å². The quantitative estimate of drug-likeness (QED) is 0.445. The van der Waals surface area contributed by atoms with Crippen LogP contribution in [0.4, 0.5) is 0 Å². The number of methoxy groups -OCH3 is 2. The molecule has 0 unspecified atom stereocenters. The lowest BCUT2D eigenvalue weighted by molar-refractivity contribution is -0.161. The lowest BCUT2D eigenvalue weighted by Gasteiger charge is -2.32. The van der Waals surface area contributed by atoms with Gasteiger partial charge in [0.1, 0.15) is 0 Å². The first-order valence-electron chi connectivity index (χ1n) is 6.40. The van der Waals surface area contributed by atoms with E-state index in [1.54, 1.807) is 0 Å². The van der Waals surface area contributed by atoms with Crippen LogP contribution in [0.1, 0.15) is 26.7 Å². The Morgan fingerprint density at radius 3 is 2.26 bits per heavy atom. The number of hydrogen-bond donors (Lipinski definition) is 0. The van der Waals surface area contributed by atoms with Crippen LogP contribution < -0.4 is 0 Å². The summed E-state index contributed by atoms with van der Waals surface area (Å²) in [6, 6.07) is 0. The van der Waals surface area contributed by atoms with Gasteiger partial charge in [0.05, 0.1) is 14.2 Å². The average molecular weight is 266 g/mol. The number of esters is 2. The number of allylic oxidation sites excluding steroid dienone is 3. The predicted octanol–water partition coefficient (Wildman–Crippen LogP) is 2.50. The van der Waals surface area contributed by atoms with Crippen LogP contribution in [-0.4, -0.2) is 26.2 Å². The van der Waals surface area contributed by atoms with Gasteiger partial charge in [-0.25, -0.2) is 0 Å². The number of hydrogen-bond acceptors (Lipinski definition) is 4. The molecule has 0 spiro atoms. The van der Waals surface area contributed by atoms with Crippen LogP contribution in [0.2, 0.25) is 0 Å². The van der Waals surface area contributed by atoms with Crippen molar-refractivity contribution in [3.63, 3.8) is 0 Å². The lowest BCUT2D eigenvalue weighted by atomic mass is 9.73. The number of ether oxygens (including phenoxy) is 2. The fourth-order valence-electron chi connectivity index (χ4n) is 2.55. The zero-order valence-corrected chi connectivity index (χ0v) is 12.1. The molecule has 0 fully saturated rings. The Morgan fingerprint density at radius 1 is 1.32 bits per heavy atom. The Morgan fingerprint density at radius 2 is 1.84 bits per heavy atom. The Hall–Kier alpha value is -1.58. The highest BCUT2D eigenvalue weighted by Crippen LogP contribution is 2.37. The van der Waals surface area contributed by atoms with Crippen molar-refractivity contribution in [2.75, 3.05) is 14.2 Å². The summed E-state index contributed by atoms with van der Waals surface area (Å²) in [6.07, 6.45) is 3.71. The molecule has 2 atom stereocenters. The molecule has 0 radical (unpaired) electrons. The second kappa shape index (κ2) is 6.55. The maximum absolute atomic E-state index is 11.9. The molecule has 0 aliphatic heterocycles. The molecule has 0 saturated carbocycles. The Balaban J connectivity index is 3.03. The van der Waals surface area contributed by atoms with E-state index in [2.05, 4.69) is 12.7 Å². The van der Waals surface area contributed by atoms with Crippen LogP contribution in [0.5, 0.6) is 0 Å². The monoisotopic (exact) mass is 266 g/mol. The highest BCUT2D eigenvalue weighted by molar-refractivity contribution is 5.95. The Bertz CT molecular complexity index is 392. The summed E-state index contributed by atoms with van der Waals surface area (Å²) in [5.41, 5.74) is 2.11. The smallest absolute Gasteiger partial charge is 0.320 e. The van der Waals surface area contributed by atoms with E-state index < -0.39 is 17.9 Å². The summed E-state index contributed by atoms with van der Waals surface area (Å²) < 4.78 is 9.49. The molecule has 0 saturated heterocycles. The lowest BCUT2D eigenvalue weighted by Crippen LogP contribution is -2.36. The third-order valence-corrected chi connectivity index (χ3v) is 3.86. The van der Waals surface area contributed by atoms with Crippen LogP contribution >= 0.6 is 0 Å². The van der Waals surface area contributed by atoms with Gasteiger partial charge in [-0.2, -0.15) is 0 Å². The van der Waals surface area contributed by atoms with Crippen molar-refractivity contribution in [1.82, 2.24) is 0 Å². The maximum Gasteiger partial charge on any atom is 0.320 e. The van der Waals surface area contributed by atoms with E-state index in [0.717, 1.165) is 24.0 Å². The average Bonchev–Trinajstić information content (AvgIpc) is 2.40. The molecule has 1 aliphatic carbocycles. The molecule has 1 rings (SSSR count). The van der Waals surface area contributed by atoms with Gasteiger partial charge in [0.2, 0.25) is 0 Å². The van der Waals surface area contributed by atoms with Crippen molar-refractivity contribution in [2.45, 2.75) is 26.7 Å². The molecular weight excluding hydrogens is 244 g/mol. The zero-order valence-electron chi connectivity index (χ0n) is 12.1. The van der Waals surface area contributed by atoms with Gasteiger partial charge in [0.25, 0.3) is 0 Å². The number of carbonyl (C=O) groups is 2. The third-order valence-electron chi connectivity index (χ3n) is 3.86. The van der Waals surface area contributed by atoms with Gasteiger partial charge in [-0.1, -0.05) is 23.8 Å². The fourth-order valence-corrected chi connectivity index (χ4v) is 2.55. The molecule has 4 heteroatoms. The van der Waals surface area contributed by atoms with Crippen molar-refractivity contribution in [3.8, 4) is 0 Å². The van der Waals surface area contributed by atoms with Crippen LogP contribution in [0, 0.1) is 17.8 Å². The van der Waals surface area contributed by atoms with E-state index in [-0.39, 0.29) is 5.92 Å². The maximum atomic E-state index is 11.9. The van der Waals surface area contributed by atoms with Crippen molar-refractivity contribution in [2.24, 2.45) is 17.8 Å². The minimum atomic E-state index is -0.881. The molecule has 19 heavy (non-hydrogen) atoms. The van der Waals surface area contributed by atoms with Crippen LogP contribution in [0.25, 0.3) is 0 Å². The largest absolute Gasteiger partial charge is 0.468 e. The molecule has 0 aromatic rings. The van der Waals surface area contributed by atoms with E-state index in [1.807, 2.05) is 13.8 Å². The molecule has 1 aliphatic rings. The molecule has 0 aromatic heterocycles. The minimum Gasteiger partial charge on any atom is -0.468 e.